The molecule has 3 N–H and O–H groups in total. The number of esters is 4. The molecule has 0 rings (SSSR count). The smallest absolute Gasteiger partial charge is 0.462 e. The van der Waals surface area contributed by atoms with Gasteiger partial charge in [0.25, 0.3) is 0 Å². The van der Waals surface area contributed by atoms with E-state index in [1.807, 2.05) is 0 Å². The first-order valence-electron chi connectivity index (χ1n) is 42.7. The molecule has 17 nitrogen and oxygen atoms in total. The molecule has 0 fully saturated rings. The normalized spacial score (nSPS) is 14.3. The average molecular weight is 1490 g/mol. The van der Waals surface area contributed by atoms with E-state index in [2.05, 4.69) is 55.4 Å². The Balaban J connectivity index is 5.24. The van der Waals surface area contributed by atoms with Gasteiger partial charge in [0, 0.05) is 25.7 Å². The van der Waals surface area contributed by atoms with Crippen LogP contribution < -0.4 is 0 Å². The van der Waals surface area contributed by atoms with Gasteiger partial charge in [-0.1, -0.05) is 376 Å². The lowest BCUT2D eigenvalue weighted by Gasteiger charge is -2.21. The summed E-state index contributed by atoms with van der Waals surface area (Å²) >= 11 is 0. The highest BCUT2D eigenvalue weighted by molar-refractivity contribution is 7.47. The van der Waals surface area contributed by atoms with Crippen LogP contribution in [0.1, 0.15) is 428 Å². The molecular weight excluding hydrogens is 1330 g/mol. The topological polar surface area (TPSA) is 237 Å². The lowest BCUT2D eigenvalue weighted by atomic mass is 9.99. The van der Waals surface area contributed by atoms with Gasteiger partial charge in [0.05, 0.1) is 26.4 Å². The Morgan fingerprint density at radius 1 is 0.275 bits per heavy atom. The van der Waals surface area contributed by atoms with Gasteiger partial charge < -0.3 is 33.8 Å². The van der Waals surface area contributed by atoms with Crippen molar-refractivity contribution in [3.8, 4) is 0 Å². The molecule has 0 radical (unpaired) electrons. The first-order valence-corrected chi connectivity index (χ1v) is 45.7. The summed E-state index contributed by atoms with van der Waals surface area (Å²) in [5, 5.41) is 10.7. The maximum Gasteiger partial charge on any atom is 0.472 e. The molecule has 0 aromatic carbocycles. The molecule has 0 saturated carbocycles. The van der Waals surface area contributed by atoms with Crippen LogP contribution in [-0.4, -0.2) is 96.7 Å². The second kappa shape index (κ2) is 72.0. The van der Waals surface area contributed by atoms with Crippen LogP contribution in [0.25, 0.3) is 0 Å². The van der Waals surface area contributed by atoms with Crippen molar-refractivity contribution in [3.05, 3.63) is 0 Å². The molecule has 0 spiro atoms. The summed E-state index contributed by atoms with van der Waals surface area (Å²) < 4.78 is 68.8. The number of carbonyl (C=O) groups excluding carboxylic acids is 4. The average Bonchev–Trinajstić information content (AvgIpc) is 1.46. The minimum atomic E-state index is -4.96. The summed E-state index contributed by atoms with van der Waals surface area (Å²) in [6, 6.07) is 0. The van der Waals surface area contributed by atoms with Crippen LogP contribution in [0.15, 0.2) is 0 Å². The van der Waals surface area contributed by atoms with Gasteiger partial charge in [-0.3, -0.25) is 37.3 Å². The third-order valence-corrected chi connectivity index (χ3v) is 21.6. The molecule has 0 aliphatic carbocycles. The lowest BCUT2D eigenvalue weighted by molar-refractivity contribution is -0.161. The Hall–Kier alpha value is -1.94. The number of phosphoric acid groups is 2. The van der Waals surface area contributed by atoms with Crippen molar-refractivity contribution in [2.75, 3.05) is 39.6 Å². The number of hydrogen-bond donors (Lipinski definition) is 3. The minimum absolute atomic E-state index is 0.106. The molecule has 0 bridgehead atoms. The molecule has 0 heterocycles. The number of unbranched alkanes of at least 4 members (excludes halogenated alkanes) is 45. The Morgan fingerprint density at radius 2 is 0.471 bits per heavy atom. The van der Waals surface area contributed by atoms with Gasteiger partial charge in [-0.2, -0.15) is 0 Å². The summed E-state index contributed by atoms with van der Waals surface area (Å²) in [7, 11) is -9.93. The maximum absolute atomic E-state index is 13.1. The first kappa shape index (κ1) is 100. The lowest BCUT2D eigenvalue weighted by Crippen LogP contribution is -2.30. The van der Waals surface area contributed by atoms with Gasteiger partial charge in [0.2, 0.25) is 0 Å². The Bertz CT molecular complexity index is 1990. The number of ether oxygens (including phenoxy) is 4. The number of hydrogen-bond acceptors (Lipinski definition) is 15. The highest BCUT2D eigenvalue weighted by Crippen LogP contribution is 2.45. The fraction of sp³-hybridized carbons (Fsp3) is 0.952. The summed E-state index contributed by atoms with van der Waals surface area (Å²) in [5.74, 6) is 1.03. The van der Waals surface area contributed by atoms with Gasteiger partial charge >= 0.3 is 39.5 Å². The maximum atomic E-state index is 13.1. The van der Waals surface area contributed by atoms with Gasteiger partial charge in [-0.15, -0.1) is 0 Å². The van der Waals surface area contributed by atoms with Crippen molar-refractivity contribution in [2.45, 2.75) is 446 Å². The number of carbonyl (C=O) groups is 4. The first-order chi connectivity index (χ1) is 49.1. The van der Waals surface area contributed by atoms with Crippen molar-refractivity contribution in [3.63, 3.8) is 0 Å². The molecular formula is C83H162O17P2. The van der Waals surface area contributed by atoms with Crippen LogP contribution in [0.4, 0.5) is 0 Å². The van der Waals surface area contributed by atoms with Gasteiger partial charge in [-0.05, 0) is 49.4 Å². The van der Waals surface area contributed by atoms with Crippen LogP contribution in [0.5, 0.6) is 0 Å². The van der Waals surface area contributed by atoms with Crippen molar-refractivity contribution in [1.82, 2.24) is 0 Å². The summed E-state index contributed by atoms with van der Waals surface area (Å²) in [5.41, 5.74) is 0. The standard InChI is InChI=1S/C83H162O17P2/c1-9-76(8)62-54-46-38-30-24-17-14-15-19-26-32-40-49-57-65-82(87)99-78(69-93-80(85)63-55-47-39-31-25-18-13-11-10-12-16-22-28-35-43-51-59-73(2)3)71-97-101(89,90)95-67-77(84)68-96-102(91,92)98-72-79(70-94-81(86)64-56-48-42-34-37-45-53-61-75(6)7)100-83(88)66-58-50-41-33-27-21-20-23-29-36-44-52-60-74(4)5/h73-79,84H,9-72H2,1-8H3,(H,89,90)(H,91,92)/t76?,77?,78-,79-/m1/s1. The molecule has 0 saturated heterocycles. The fourth-order valence-corrected chi connectivity index (χ4v) is 14.3. The van der Waals surface area contributed by atoms with E-state index >= 15 is 0 Å². The van der Waals surface area contributed by atoms with Crippen LogP contribution in [-0.2, 0) is 65.4 Å². The monoisotopic (exact) mass is 1490 g/mol. The Labute approximate surface area is 626 Å². The van der Waals surface area contributed by atoms with Crippen molar-refractivity contribution in [1.29, 1.82) is 0 Å². The van der Waals surface area contributed by atoms with E-state index in [0.717, 1.165) is 114 Å². The third-order valence-electron chi connectivity index (χ3n) is 19.7. The predicted molar refractivity (Wildman–Crippen MR) is 418 cm³/mol. The Kier molecular flexibility index (Phi) is 70.6. The minimum Gasteiger partial charge on any atom is -0.462 e. The molecule has 19 heteroatoms. The highest BCUT2D eigenvalue weighted by atomic mass is 31.2. The van der Waals surface area contributed by atoms with E-state index in [0.29, 0.717) is 31.6 Å². The SMILES string of the molecule is CCC(C)CCCCCCCCCCCCCCCCC(=O)O[C@H](COC(=O)CCCCCCCCCCCCCCCCCCC(C)C)COP(=O)(O)OCC(O)COP(=O)(O)OC[C@@H](COC(=O)CCCCCCCCCC(C)C)OC(=O)CCCCCCCCCCCCCCC(C)C. The van der Waals surface area contributed by atoms with E-state index in [4.69, 9.17) is 37.0 Å². The number of phosphoric ester groups is 2. The summed E-state index contributed by atoms with van der Waals surface area (Å²) in [6.07, 6.45) is 59.7. The van der Waals surface area contributed by atoms with Crippen LogP contribution in [0, 0.1) is 23.7 Å². The van der Waals surface area contributed by atoms with E-state index < -0.39 is 97.5 Å². The quantitative estimate of drug-likeness (QED) is 0.0222. The molecule has 0 aliphatic heterocycles. The van der Waals surface area contributed by atoms with Gasteiger partial charge in [0.1, 0.15) is 19.3 Å². The highest BCUT2D eigenvalue weighted by Gasteiger charge is 2.30. The number of aliphatic hydroxyl groups excluding tert-OH is 1. The predicted octanol–water partition coefficient (Wildman–Crippen LogP) is 24.8. The van der Waals surface area contributed by atoms with E-state index in [9.17, 15) is 43.2 Å². The van der Waals surface area contributed by atoms with E-state index in [1.54, 1.807) is 0 Å². The van der Waals surface area contributed by atoms with Crippen LogP contribution in [0.2, 0.25) is 0 Å². The second-order valence-electron chi connectivity index (χ2n) is 31.5. The van der Waals surface area contributed by atoms with Crippen molar-refractivity contribution >= 4 is 39.5 Å². The molecule has 0 aromatic heterocycles. The molecule has 0 amide bonds. The molecule has 6 atom stereocenters. The van der Waals surface area contributed by atoms with Crippen molar-refractivity contribution < 1.29 is 80.2 Å². The third kappa shape index (κ3) is 74.9. The zero-order valence-electron chi connectivity index (χ0n) is 67.2. The zero-order valence-corrected chi connectivity index (χ0v) is 69.0. The molecule has 102 heavy (non-hydrogen) atoms. The summed E-state index contributed by atoms with van der Waals surface area (Å²) in [6.45, 7) is 14.3. The zero-order chi connectivity index (χ0) is 75.3. The molecule has 0 aromatic rings. The molecule has 606 valence electrons. The largest absolute Gasteiger partial charge is 0.472 e. The summed E-state index contributed by atoms with van der Waals surface area (Å²) in [4.78, 5) is 73.1. The van der Waals surface area contributed by atoms with Gasteiger partial charge in [-0.25, -0.2) is 9.13 Å². The molecule has 0 aliphatic rings. The van der Waals surface area contributed by atoms with Crippen LogP contribution in [0.3, 0.4) is 0 Å². The van der Waals surface area contributed by atoms with Crippen molar-refractivity contribution in [2.24, 2.45) is 23.7 Å². The second-order valence-corrected chi connectivity index (χ2v) is 34.4. The van der Waals surface area contributed by atoms with E-state index in [-0.39, 0.29) is 25.7 Å². The Morgan fingerprint density at radius 3 is 0.696 bits per heavy atom. The number of rotatable bonds is 80. The van der Waals surface area contributed by atoms with E-state index in [1.165, 1.54) is 225 Å². The fourth-order valence-electron chi connectivity index (χ4n) is 12.8. The van der Waals surface area contributed by atoms with Crippen LogP contribution >= 0.6 is 15.6 Å². The molecule has 4 unspecified atom stereocenters. The number of aliphatic hydroxyl groups is 1. The van der Waals surface area contributed by atoms with Gasteiger partial charge in [0.15, 0.2) is 12.2 Å².